The fraction of sp³-hybridized carbons (Fsp3) is 0.938. The zero-order valence-electron chi connectivity index (χ0n) is 14.4. The number of hydrogen-bond donors (Lipinski definition) is 2. The first-order valence-electron chi connectivity index (χ1n) is 7.84. The summed E-state index contributed by atoms with van der Waals surface area (Å²) in [5, 5.41) is 6.90. The molecule has 1 aliphatic carbocycles. The second kappa shape index (κ2) is 9.87. The molecule has 0 aromatic rings. The van der Waals surface area contributed by atoms with E-state index in [2.05, 4.69) is 36.4 Å². The Morgan fingerprint density at radius 1 is 1.24 bits per heavy atom. The molecule has 0 atom stereocenters. The summed E-state index contributed by atoms with van der Waals surface area (Å²) in [7, 11) is 3.63. The van der Waals surface area contributed by atoms with Crippen molar-refractivity contribution in [3.8, 4) is 0 Å². The first-order chi connectivity index (χ1) is 9.41. The maximum atomic E-state index is 5.24. The van der Waals surface area contributed by atoms with E-state index in [1.165, 1.54) is 19.3 Å². The number of methoxy groups -OCH3 is 1. The maximum Gasteiger partial charge on any atom is 0.190 e. The van der Waals surface area contributed by atoms with Crippen molar-refractivity contribution in [1.82, 2.24) is 10.6 Å². The minimum atomic E-state index is 0. The Labute approximate surface area is 147 Å². The maximum absolute atomic E-state index is 5.24. The van der Waals surface area contributed by atoms with Gasteiger partial charge in [-0.25, -0.2) is 0 Å². The summed E-state index contributed by atoms with van der Waals surface area (Å²) in [6.07, 6.45) is 6.25. The van der Waals surface area contributed by atoms with Crippen LogP contribution in [0.25, 0.3) is 0 Å². The van der Waals surface area contributed by atoms with Gasteiger partial charge in [-0.1, -0.05) is 27.2 Å². The van der Waals surface area contributed by atoms with E-state index in [0.29, 0.717) is 10.8 Å². The molecule has 21 heavy (non-hydrogen) atoms. The van der Waals surface area contributed by atoms with Crippen LogP contribution in [0.2, 0.25) is 0 Å². The van der Waals surface area contributed by atoms with Crippen molar-refractivity contribution >= 4 is 29.9 Å². The summed E-state index contributed by atoms with van der Waals surface area (Å²) in [5.74, 6) is 0.929. The molecule has 5 heteroatoms. The molecule has 0 aliphatic heterocycles. The topological polar surface area (TPSA) is 45.7 Å². The molecule has 0 unspecified atom stereocenters. The first-order valence-corrected chi connectivity index (χ1v) is 7.84. The van der Waals surface area contributed by atoms with E-state index in [0.717, 1.165) is 38.5 Å². The van der Waals surface area contributed by atoms with Gasteiger partial charge in [-0.15, -0.1) is 24.0 Å². The predicted molar refractivity (Wildman–Crippen MR) is 102 cm³/mol. The molecule has 2 N–H and O–H groups in total. The van der Waals surface area contributed by atoms with Gasteiger partial charge in [-0.2, -0.15) is 0 Å². The van der Waals surface area contributed by atoms with Gasteiger partial charge in [-0.3, -0.25) is 4.99 Å². The molecule has 0 spiro atoms. The number of ether oxygens (including phenoxy) is 1. The molecule has 1 saturated carbocycles. The fourth-order valence-electron chi connectivity index (χ4n) is 2.56. The Morgan fingerprint density at radius 2 is 1.90 bits per heavy atom. The standard InChI is InChI=1S/C16H33N3O.HI/c1-15(2,3)9-11-18-14(17-4)19-13-16(7-6-8-16)10-12-20-5;/h6-13H2,1-5H3,(H2,17,18,19);1H. The lowest BCUT2D eigenvalue weighted by molar-refractivity contribution is 0.0732. The quantitative estimate of drug-likeness (QED) is 0.384. The summed E-state index contributed by atoms with van der Waals surface area (Å²) in [4.78, 5) is 4.31. The van der Waals surface area contributed by atoms with E-state index < -0.39 is 0 Å². The number of halogens is 1. The van der Waals surface area contributed by atoms with E-state index >= 15 is 0 Å². The molecule has 4 nitrogen and oxygen atoms in total. The number of guanidine groups is 1. The van der Waals surface area contributed by atoms with E-state index in [1.807, 2.05) is 7.05 Å². The molecule has 1 rings (SSSR count). The van der Waals surface area contributed by atoms with Crippen LogP contribution in [-0.2, 0) is 4.74 Å². The highest BCUT2D eigenvalue weighted by atomic mass is 127. The minimum Gasteiger partial charge on any atom is -0.385 e. The lowest BCUT2D eigenvalue weighted by atomic mass is 9.67. The van der Waals surface area contributed by atoms with Crippen molar-refractivity contribution in [2.24, 2.45) is 15.8 Å². The number of nitrogens with zero attached hydrogens (tertiary/aromatic N) is 1. The Balaban J connectivity index is 0.00000400. The van der Waals surface area contributed by atoms with Gasteiger partial charge in [0.25, 0.3) is 0 Å². The molecule has 0 saturated heterocycles. The van der Waals surface area contributed by atoms with E-state index in [-0.39, 0.29) is 24.0 Å². The summed E-state index contributed by atoms with van der Waals surface area (Å²) in [6.45, 7) is 9.62. The Bertz CT molecular complexity index is 309. The molecular weight excluding hydrogens is 377 g/mol. The number of hydrogen-bond acceptors (Lipinski definition) is 2. The highest BCUT2D eigenvalue weighted by Gasteiger charge is 2.36. The lowest BCUT2D eigenvalue weighted by Crippen LogP contribution is -2.47. The summed E-state index contributed by atoms with van der Waals surface area (Å²) >= 11 is 0. The van der Waals surface area contributed by atoms with Crippen molar-refractivity contribution < 1.29 is 4.74 Å². The van der Waals surface area contributed by atoms with Crippen LogP contribution in [0, 0.1) is 10.8 Å². The van der Waals surface area contributed by atoms with Crippen LogP contribution in [0.5, 0.6) is 0 Å². The minimum absolute atomic E-state index is 0. The second-order valence-corrected chi connectivity index (χ2v) is 7.26. The van der Waals surface area contributed by atoms with Gasteiger partial charge in [-0.05, 0) is 36.5 Å². The van der Waals surface area contributed by atoms with Gasteiger partial charge in [0.15, 0.2) is 5.96 Å². The molecule has 0 radical (unpaired) electrons. The lowest BCUT2D eigenvalue weighted by Gasteiger charge is -2.42. The largest absolute Gasteiger partial charge is 0.385 e. The number of nitrogens with one attached hydrogen (secondary N) is 2. The molecule has 0 heterocycles. The van der Waals surface area contributed by atoms with Crippen molar-refractivity contribution in [3.05, 3.63) is 0 Å². The zero-order valence-corrected chi connectivity index (χ0v) is 16.8. The van der Waals surface area contributed by atoms with Crippen LogP contribution in [0.4, 0.5) is 0 Å². The van der Waals surface area contributed by atoms with Crippen LogP contribution in [-0.4, -0.2) is 39.8 Å². The third-order valence-corrected chi connectivity index (χ3v) is 4.27. The molecule has 1 aliphatic rings. The second-order valence-electron chi connectivity index (χ2n) is 7.26. The van der Waals surface area contributed by atoms with Gasteiger partial charge in [0.2, 0.25) is 0 Å². The van der Waals surface area contributed by atoms with E-state index in [1.54, 1.807) is 7.11 Å². The van der Waals surface area contributed by atoms with Crippen LogP contribution in [0.1, 0.15) is 52.9 Å². The molecular formula is C16H34IN3O. The molecule has 126 valence electrons. The molecule has 0 aromatic heterocycles. The van der Waals surface area contributed by atoms with Crippen LogP contribution in [0.15, 0.2) is 4.99 Å². The van der Waals surface area contributed by atoms with Crippen LogP contribution >= 0.6 is 24.0 Å². The molecule has 0 bridgehead atoms. The Hall–Kier alpha value is -0.0400. The Kier molecular flexibility index (Phi) is 9.85. The van der Waals surface area contributed by atoms with E-state index in [4.69, 9.17) is 4.74 Å². The molecule has 1 fully saturated rings. The molecule has 0 amide bonds. The fourth-order valence-corrected chi connectivity index (χ4v) is 2.56. The van der Waals surface area contributed by atoms with Gasteiger partial charge in [0.1, 0.15) is 0 Å². The third kappa shape index (κ3) is 8.24. The van der Waals surface area contributed by atoms with Crippen molar-refractivity contribution in [2.45, 2.75) is 52.9 Å². The zero-order chi connectivity index (χ0) is 15.1. The van der Waals surface area contributed by atoms with Crippen LogP contribution in [0.3, 0.4) is 0 Å². The van der Waals surface area contributed by atoms with Gasteiger partial charge >= 0.3 is 0 Å². The third-order valence-electron chi connectivity index (χ3n) is 4.27. The smallest absolute Gasteiger partial charge is 0.190 e. The van der Waals surface area contributed by atoms with Crippen molar-refractivity contribution in [2.75, 3.05) is 33.9 Å². The van der Waals surface area contributed by atoms with Gasteiger partial charge < -0.3 is 15.4 Å². The normalized spacial score (nSPS) is 17.7. The SMILES string of the molecule is CN=C(NCCC(C)(C)C)NCC1(CCOC)CCC1.I. The first kappa shape index (κ1) is 21.0. The Morgan fingerprint density at radius 3 is 2.33 bits per heavy atom. The highest BCUT2D eigenvalue weighted by molar-refractivity contribution is 14.0. The highest BCUT2D eigenvalue weighted by Crippen LogP contribution is 2.43. The monoisotopic (exact) mass is 411 g/mol. The molecule has 0 aromatic carbocycles. The number of rotatable bonds is 7. The van der Waals surface area contributed by atoms with Crippen molar-refractivity contribution in [1.29, 1.82) is 0 Å². The summed E-state index contributed by atoms with van der Waals surface area (Å²) in [5.41, 5.74) is 0.789. The summed E-state index contributed by atoms with van der Waals surface area (Å²) < 4.78 is 5.24. The van der Waals surface area contributed by atoms with Gasteiger partial charge in [0, 0.05) is 33.9 Å². The van der Waals surface area contributed by atoms with Crippen molar-refractivity contribution in [3.63, 3.8) is 0 Å². The average molecular weight is 411 g/mol. The van der Waals surface area contributed by atoms with Crippen LogP contribution < -0.4 is 10.6 Å². The van der Waals surface area contributed by atoms with E-state index in [9.17, 15) is 0 Å². The summed E-state index contributed by atoms with van der Waals surface area (Å²) in [6, 6.07) is 0. The predicted octanol–water partition coefficient (Wildman–Crippen LogP) is 3.41. The average Bonchev–Trinajstić information content (AvgIpc) is 2.33. The number of aliphatic imine (C=N–C) groups is 1. The van der Waals surface area contributed by atoms with Gasteiger partial charge in [0.05, 0.1) is 0 Å².